The third-order valence-corrected chi connectivity index (χ3v) is 2.45. The van der Waals surface area contributed by atoms with Gasteiger partial charge in [-0.1, -0.05) is 15.9 Å². The first kappa shape index (κ1) is 12.5. The van der Waals surface area contributed by atoms with E-state index in [4.69, 9.17) is 10.4 Å². The van der Waals surface area contributed by atoms with Gasteiger partial charge < -0.3 is 5.11 Å². The summed E-state index contributed by atoms with van der Waals surface area (Å²) in [6.07, 6.45) is -2.04. The minimum absolute atomic E-state index is 0.000231. The van der Waals surface area contributed by atoms with E-state index in [0.717, 1.165) is 6.20 Å². The Kier molecular flexibility index (Phi) is 3.90. The van der Waals surface area contributed by atoms with Gasteiger partial charge in [0.25, 0.3) is 6.43 Å². The molecule has 0 spiro atoms. The molecule has 7 heteroatoms. The van der Waals surface area contributed by atoms with E-state index in [-0.39, 0.29) is 16.5 Å². The number of carbonyl (C=O) groups is 1. The summed E-state index contributed by atoms with van der Waals surface area (Å²) in [5.41, 5.74) is -1.44. The Labute approximate surface area is 97.7 Å². The summed E-state index contributed by atoms with van der Waals surface area (Å²) in [5.74, 6) is -1.52. The Morgan fingerprint density at radius 1 is 1.69 bits per heavy atom. The van der Waals surface area contributed by atoms with Gasteiger partial charge in [-0.3, -0.25) is 4.98 Å². The maximum atomic E-state index is 12.5. The molecule has 4 nitrogen and oxygen atoms in total. The molecule has 0 amide bonds. The summed E-state index contributed by atoms with van der Waals surface area (Å²) in [5, 5.41) is 17.5. The second-order valence-electron chi connectivity index (χ2n) is 2.76. The van der Waals surface area contributed by atoms with Crippen LogP contribution in [0.25, 0.3) is 0 Å². The Hall–Kier alpha value is -1.55. The highest BCUT2D eigenvalue weighted by Gasteiger charge is 2.24. The van der Waals surface area contributed by atoms with Gasteiger partial charge in [0.1, 0.15) is 11.8 Å². The van der Waals surface area contributed by atoms with Crippen LogP contribution in [-0.4, -0.2) is 16.1 Å². The van der Waals surface area contributed by atoms with E-state index in [1.807, 2.05) is 0 Å². The van der Waals surface area contributed by atoms with E-state index in [2.05, 4.69) is 20.9 Å². The fourth-order valence-electron chi connectivity index (χ4n) is 1.21. The molecule has 1 N–H and O–H groups in total. The number of rotatable bonds is 3. The van der Waals surface area contributed by atoms with Crippen molar-refractivity contribution in [3.63, 3.8) is 0 Å². The predicted molar refractivity (Wildman–Crippen MR) is 53.5 cm³/mol. The van der Waals surface area contributed by atoms with Gasteiger partial charge in [-0.15, -0.1) is 0 Å². The number of pyridine rings is 1. The molecule has 0 aromatic carbocycles. The Bertz CT molecular complexity index is 471. The van der Waals surface area contributed by atoms with Crippen molar-refractivity contribution < 1.29 is 18.7 Å². The molecule has 0 bridgehead atoms. The van der Waals surface area contributed by atoms with E-state index in [9.17, 15) is 13.6 Å². The zero-order valence-corrected chi connectivity index (χ0v) is 9.33. The van der Waals surface area contributed by atoms with Crippen LogP contribution in [0.3, 0.4) is 0 Å². The van der Waals surface area contributed by atoms with Crippen LogP contribution in [0.1, 0.15) is 33.6 Å². The highest BCUT2D eigenvalue weighted by molar-refractivity contribution is 9.08. The van der Waals surface area contributed by atoms with Crippen molar-refractivity contribution in [1.82, 2.24) is 4.98 Å². The average Bonchev–Trinajstić information content (AvgIpc) is 2.26. The molecule has 1 aromatic rings. The summed E-state index contributed by atoms with van der Waals surface area (Å²) in [6, 6.07) is 1.71. The molecule has 0 aliphatic heterocycles. The topological polar surface area (TPSA) is 74.0 Å². The number of hydrogen-bond donors (Lipinski definition) is 1. The highest BCUT2D eigenvalue weighted by Crippen LogP contribution is 2.26. The molecular formula is C9H5BrF2N2O2. The first-order chi connectivity index (χ1) is 7.52. The van der Waals surface area contributed by atoms with E-state index < -0.39 is 23.7 Å². The number of nitriles is 1. The van der Waals surface area contributed by atoms with Crippen molar-refractivity contribution in [2.75, 3.05) is 0 Å². The molecule has 1 rings (SSSR count). The van der Waals surface area contributed by atoms with Gasteiger partial charge in [-0.05, 0) is 5.56 Å². The molecule has 0 saturated heterocycles. The monoisotopic (exact) mass is 290 g/mol. The van der Waals surface area contributed by atoms with Crippen LogP contribution in [0.5, 0.6) is 0 Å². The highest BCUT2D eigenvalue weighted by atomic mass is 79.9. The number of halogens is 3. The lowest BCUT2D eigenvalue weighted by atomic mass is 10.0. The van der Waals surface area contributed by atoms with Crippen LogP contribution in [0.15, 0.2) is 6.20 Å². The molecule has 0 atom stereocenters. The van der Waals surface area contributed by atoms with Gasteiger partial charge in [0.2, 0.25) is 0 Å². The molecule has 0 unspecified atom stereocenters. The van der Waals surface area contributed by atoms with E-state index in [1.54, 1.807) is 6.07 Å². The normalized spacial score (nSPS) is 10.2. The minimum Gasteiger partial charge on any atom is -0.478 e. The molecule has 16 heavy (non-hydrogen) atoms. The van der Waals surface area contributed by atoms with Crippen molar-refractivity contribution in [1.29, 1.82) is 5.26 Å². The van der Waals surface area contributed by atoms with Crippen LogP contribution >= 0.6 is 15.9 Å². The van der Waals surface area contributed by atoms with Gasteiger partial charge in [0, 0.05) is 11.5 Å². The Morgan fingerprint density at radius 3 is 2.69 bits per heavy atom. The van der Waals surface area contributed by atoms with Crippen LogP contribution in [0.4, 0.5) is 8.78 Å². The van der Waals surface area contributed by atoms with Gasteiger partial charge in [0.15, 0.2) is 0 Å². The molecule has 0 aliphatic rings. The summed E-state index contributed by atoms with van der Waals surface area (Å²) in [4.78, 5) is 14.2. The van der Waals surface area contributed by atoms with Crippen molar-refractivity contribution in [3.05, 3.63) is 28.6 Å². The first-order valence-corrected chi connectivity index (χ1v) is 5.14. The molecule has 1 aromatic heterocycles. The minimum atomic E-state index is -2.99. The number of carboxylic acids is 1. The molecule has 0 saturated carbocycles. The average molecular weight is 291 g/mol. The third kappa shape index (κ3) is 2.17. The maximum absolute atomic E-state index is 12.5. The van der Waals surface area contributed by atoms with Crippen LogP contribution in [0, 0.1) is 11.3 Å². The predicted octanol–water partition coefficient (Wildman–Crippen LogP) is 2.48. The zero-order valence-electron chi connectivity index (χ0n) is 7.75. The second kappa shape index (κ2) is 4.99. The molecule has 0 aliphatic carbocycles. The van der Waals surface area contributed by atoms with Gasteiger partial charge in [-0.2, -0.15) is 5.26 Å². The van der Waals surface area contributed by atoms with Crippen LogP contribution < -0.4 is 0 Å². The molecule has 1 heterocycles. The van der Waals surface area contributed by atoms with Gasteiger partial charge >= 0.3 is 5.97 Å². The number of aromatic carboxylic acids is 1. The van der Waals surface area contributed by atoms with Crippen molar-refractivity contribution >= 4 is 21.9 Å². The van der Waals surface area contributed by atoms with Gasteiger partial charge in [0.05, 0.1) is 11.1 Å². The number of carboxylic acid groups (broad SMARTS) is 1. The Balaban J connectivity index is 3.58. The molecule has 84 valence electrons. The van der Waals surface area contributed by atoms with Crippen LogP contribution in [0.2, 0.25) is 0 Å². The summed E-state index contributed by atoms with van der Waals surface area (Å²) < 4.78 is 25.0. The third-order valence-electron chi connectivity index (χ3n) is 1.89. The van der Waals surface area contributed by atoms with E-state index >= 15 is 0 Å². The van der Waals surface area contributed by atoms with Gasteiger partial charge in [-0.25, -0.2) is 13.6 Å². The van der Waals surface area contributed by atoms with E-state index in [1.165, 1.54) is 0 Å². The molecule has 0 radical (unpaired) electrons. The fraction of sp³-hybridized carbons (Fsp3) is 0.222. The summed E-state index contributed by atoms with van der Waals surface area (Å²) in [7, 11) is 0. The lowest BCUT2D eigenvalue weighted by Crippen LogP contribution is -2.11. The van der Waals surface area contributed by atoms with Crippen molar-refractivity contribution in [2.24, 2.45) is 0 Å². The summed E-state index contributed by atoms with van der Waals surface area (Å²) >= 11 is 2.96. The summed E-state index contributed by atoms with van der Waals surface area (Å²) in [6.45, 7) is 0. The Morgan fingerprint density at radius 2 is 2.31 bits per heavy atom. The quantitative estimate of drug-likeness (QED) is 0.868. The van der Waals surface area contributed by atoms with Crippen LogP contribution in [-0.2, 0) is 5.33 Å². The number of hydrogen-bond acceptors (Lipinski definition) is 3. The lowest BCUT2D eigenvalue weighted by molar-refractivity contribution is 0.0681. The zero-order chi connectivity index (χ0) is 12.3. The second-order valence-corrected chi connectivity index (χ2v) is 3.32. The first-order valence-electron chi connectivity index (χ1n) is 4.02. The number of aromatic nitrogens is 1. The number of alkyl halides is 3. The lowest BCUT2D eigenvalue weighted by Gasteiger charge is -2.09. The molecular weight excluding hydrogens is 286 g/mol. The molecule has 0 fully saturated rings. The number of nitrogens with zero attached hydrogens (tertiary/aromatic N) is 2. The standard InChI is InChI=1S/C9H5BrF2N2O2/c10-1-5-4(2-13)3-14-7(8(11)12)6(5)9(15)16/h3,8H,1H2,(H,15,16). The fourth-order valence-corrected chi connectivity index (χ4v) is 1.79. The smallest absolute Gasteiger partial charge is 0.338 e. The SMILES string of the molecule is N#Cc1cnc(C(F)F)c(C(=O)O)c1CBr. The largest absolute Gasteiger partial charge is 0.478 e. The van der Waals surface area contributed by atoms with Crippen molar-refractivity contribution in [2.45, 2.75) is 11.8 Å². The maximum Gasteiger partial charge on any atom is 0.338 e. The van der Waals surface area contributed by atoms with E-state index in [0.29, 0.717) is 0 Å². The van der Waals surface area contributed by atoms with Crippen molar-refractivity contribution in [3.8, 4) is 6.07 Å².